The summed E-state index contributed by atoms with van der Waals surface area (Å²) in [5.74, 6) is 1.59. The van der Waals surface area contributed by atoms with Crippen LogP contribution in [0.3, 0.4) is 0 Å². The minimum Gasteiger partial charge on any atom is -0.461 e. The molecule has 146 valence electrons. The third-order valence-corrected chi connectivity index (χ3v) is 5.27. The van der Waals surface area contributed by atoms with E-state index in [1.54, 1.807) is 18.4 Å². The summed E-state index contributed by atoms with van der Waals surface area (Å²) in [6.45, 7) is 2.18. The van der Waals surface area contributed by atoms with Crippen LogP contribution < -0.4 is 5.32 Å². The van der Waals surface area contributed by atoms with E-state index in [2.05, 4.69) is 15.5 Å². The summed E-state index contributed by atoms with van der Waals surface area (Å²) in [6.07, 6.45) is 6.79. The second-order valence-electron chi connectivity index (χ2n) is 7.24. The Kier molecular flexibility index (Phi) is 5.54. The first-order valence-electron chi connectivity index (χ1n) is 9.60. The largest absolute Gasteiger partial charge is 0.461 e. The van der Waals surface area contributed by atoms with Gasteiger partial charge in [0.2, 0.25) is 17.6 Å². The predicted molar refractivity (Wildman–Crippen MR) is 94.8 cm³/mol. The molecule has 27 heavy (non-hydrogen) atoms. The van der Waals surface area contributed by atoms with Gasteiger partial charge in [0.1, 0.15) is 0 Å². The lowest BCUT2D eigenvalue weighted by Gasteiger charge is -2.43. The Morgan fingerprint density at radius 3 is 3.00 bits per heavy atom. The maximum absolute atomic E-state index is 12.3. The minimum absolute atomic E-state index is 0.0647. The van der Waals surface area contributed by atoms with Gasteiger partial charge in [-0.05, 0) is 44.2 Å². The summed E-state index contributed by atoms with van der Waals surface area (Å²) in [6, 6.07) is 3.73. The first-order valence-corrected chi connectivity index (χ1v) is 9.60. The zero-order chi connectivity index (χ0) is 18.5. The molecule has 4 rings (SSSR count). The molecule has 1 amide bonds. The van der Waals surface area contributed by atoms with Crippen molar-refractivity contribution in [2.24, 2.45) is 0 Å². The molecule has 2 saturated heterocycles. The number of carbonyl (C=O) groups is 1. The third-order valence-electron chi connectivity index (χ3n) is 5.27. The van der Waals surface area contributed by atoms with Gasteiger partial charge in [0, 0.05) is 38.7 Å². The molecule has 0 saturated carbocycles. The number of hydrogen-bond acceptors (Lipinski definition) is 7. The molecule has 2 aromatic rings. The molecule has 2 fully saturated rings. The van der Waals surface area contributed by atoms with Gasteiger partial charge in [-0.3, -0.25) is 4.79 Å². The van der Waals surface area contributed by atoms with Gasteiger partial charge in [-0.25, -0.2) is 0 Å². The number of aromatic nitrogens is 2. The monoisotopic (exact) mass is 375 g/mol. The summed E-state index contributed by atoms with van der Waals surface area (Å²) in [5, 5.41) is 7.06. The fourth-order valence-corrected chi connectivity index (χ4v) is 3.81. The van der Waals surface area contributed by atoms with Crippen molar-refractivity contribution < 1.29 is 23.2 Å². The first kappa shape index (κ1) is 18.2. The van der Waals surface area contributed by atoms with E-state index in [1.165, 1.54) is 0 Å². The number of ether oxygens (including phenoxy) is 2. The van der Waals surface area contributed by atoms with E-state index in [4.69, 9.17) is 18.4 Å². The van der Waals surface area contributed by atoms with Crippen LogP contribution in [-0.2, 0) is 20.7 Å². The van der Waals surface area contributed by atoms with Gasteiger partial charge < -0.3 is 23.7 Å². The molecule has 0 bridgehead atoms. The van der Waals surface area contributed by atoms with Crippen LogP contribution >= 0.6 is 0 Å². The number of nitrogens with one attached hydrogen (secondary N) is 1. The van der Waals surface area contributed by atoms with Crippen LogP contribution in [0.1, 0.15) is 44.4 Å². The zero-order valence-corrected chi connectivity index (χ0v) is 15.3. The van der Waals surface area contributed by atoms with Crippen molar-refractivity contribution in [1.29, 1.82) is 0 Å². The standard InChI is InChI=1S/C19H25N3O5/c23-16(20-14-6-10-26-19(13-14)7-11-24-12-8-19)4-1-5-17-21-18(22-27-17)15-3-2-9-25-15/h2-3,9,14H,1,4-8,10-13H2,(H,20,23)/t14-/m0/s1. The van der Waals surface area contributed by atoms with E-state index in [0.717, 1.165) is 38.9 Å². The number of aryl methyl sites for hydroxylation is 1. The Morgan fingerprint density at radius 2 is 2.19 bits per heavy atom. The van der Waals surface area contributed by atoms with E-state index >= 15 is 0 Å². The Bertz CT molecular complexity index is 731. The smallest absolute Gasteiger partial charge is 0.238 e. The molecule has 0 radical (unpaired) electrons. The fourth-order valence-electron chi connectivity index (χ4n) is 3.81. The highest BCUT2D eigenvalue weighted by Gasteiger charge is 2.39. The molecule has 2 aromatic heterocycles. The van der Waals surface area contributed by atoms with Crippen molar-refractivity contribution in [2.45, 2.75) is 56.6 Å². The summed E-state index contributed by atoms with van der Waals surface area (Å²) >= 11 is 0. The van der Waals surface area contributed by atoms with Crippen LogP contribution in [-0.4, -0.2) is 47.5 Å². The van der Waals surface area contributed by atoms with Crippen molar-refractivity contribution >= 4 is 5.91 Å². The van der Waals surface area contributed by atoms with E-state index in [-0.39, 0.29) is 17.6 Å². The molecule has 2 aliphatic rings. The number of furan rings is 1. The van der Waals surface area contributed by atoms with Gasteiger partial charge in [-0.1, -0.05) is 5.16 Å². The molecule has 1 atom stereocenters. The predicted octanol–water partition coefficient (Wildman–Crippen LogP) is 2.50. The Balaban J connectivity index is 1.21. The van der Waals surface area contributed by atoms with Crippen molar-refractivity contribution in [3.63, 3.8) is 0 Å². The van der Waals surface area contributed by atoms with E-state index in [0.29, 0.717) is 43.3 Å². The molecule has 0 aromatic carbocycles. The van der Waals surface area contributed by atoms with Crippen LogP contribution in [0.4, 0.5) is 0 Å². The first-order chi connectivity index (χ1) is 13.2. The average molecular weight is 375 g/mol. The zero-order valence-electron chi connectivity index (χ0n) is 15.3. The second-order valence-corrected chi connectivity index (χ2v) is 7.24. The minimum atomic E-state index is -0.111. The van der Waals surface area contributed by atoms with Gasteiger partial charge >= 0.3 is 0 Å². The summed E-state index contributed by atoms with van der Waals surface area (Å²) in [4.78, 5) is 16.6. The van der Waals surface area contributed by atoms with Gasteiger partial charge in [0.25, 0.3) is 0 Å². The molecule has 1 N–H and O–H groups in total. The van der Waals surface area contributed by atoms with Gasteiger partial charge in [0.15, 0.2) is 5.76 Å². The molecule has 8 nitrogen and oxygen atoms in total. The third kappa shape index (κ3) is 4.56. The second kappa shape index (κ2) is 8.22. The molecule has 0 unspecified atom stereocenters. The number of nitrogens with zero attached hydrogens (tertiary/aromatic N) is 2. The van der Waals surface area contributed by atoms with Gasteiger partial charge in [0.05, 0.1) is 11.9 Å². The van der Waals surface area contributed by atoms with E-state index < -0.39 is 0 Å². The van der Waals surface area contributed by atoms with Gasteiger partial charge in [-0.2, -0.15) is 4.98 Å². The summed E-state index contributed by atoms with van der Waals surface area (Å²) < 4.78 is 21.9. The number of hydrogen-bond donors (Lipinski definition) is 1. The maximum Gasteiger partial charge on any atom is 0.238 e. The Labute approximate surface area is 157 Å². The maximum atomic E-state index is 12.3. The fraction of sp³-hybridized carbons (Fsp3) is 0.632. The normalized spacial score (nSPS) is 22.0. The SMILES string of the molecule is O=C(CCCc1nc(-c2ccco2)no1)N[C@H]1CCOC2(CCOCC2)C1. The van der Waals surface area contributed by atoms with Crippen LogP contribution in [0.25, 0.3) is 11.6 Å². The van der Waals surface area contributed by atoms with E-state index in [9.17, 15) is 4.79 Å². The lowest BCUT2D eigenvalue weighted by Crippen LogP contribution is -2.51. The Morgan fingerprint density at radius 1 is 1.30 bits per heavy atom. The van der Waals surface area contributed by atoms with Crippen molar-refractivity contribution in [3.05, 3.63) is 24.3 Å². The van der Waals surface area contributed by atoms with Crippen molar-refractivity contribution in [1.82, 2.24) is 15.5 Å². The Hall–Kier alpha value is -2.19. The van der Waals surface area contributed by atoms with Crippen LogP contribution in [0, 0.1) is 0 Å². The molecule has 2 aliphatic heterocycles. The molecular formula is C19H25N3O5. The molecule has 1 spiro atoms. The number of amides is 1. The molecule has 8 heteroatoms. The molecular weight excluding hydrogens is 350 g/mol. The molecule has 4 heterocycles. The van der Waals surface area contributed by atoms with E-state index in [1.807, 2.05) is 0 Å². The van der Waals surface area contributed by atoms with Crippen LogP contribution in [0.15, 0.2) is 27.3 Å². The van der Waals surface area contributed by atoms with Crippen LogP contribution in [0.2, 0.25) is 0 Å². The number of rotatable bonds is 6. The lowest BCUT2D eigenvalue weighted by atomic mass is 9.84. The highest BCUT2D eigenvalue weighted by molar-refractivity contribution is 5.76. The van der Waals surface area contributed by atoms with Crippen molar-refractivity contribution in [2.75, 3.05) is 19.8 Å². The lowest BCUT2D eigenvalue weighted by molar-refractivity contribution is -0.144. The molecule has 0 aliphatic carbocycles. The van der Waals surface area contributed by atoms with Crippen molar-refractivity contribution in [3.8, 4) is 11.6 Å². The topological polar surface area (TPSA) is 99.6 Å². The van der Waals surface area contributed by atoms with Crippen LogP contribution in [0.5, 0.6) is 0 Å². The van der Waals surface area contributed by atoms with Gasteiger partial charge in [-0.15, -0.1) is 0 Å². The quantitative estimate of drug-likeness (QED) is 0.828. The average Bonchev–Trinajstić information content (AvgIpc) is 3.34. The highest BCUT2D eigenvalue weighted by atomic mass is 16.5. The number of carbonyl (C=O) groups excluding carboxylic acids is 1. The summed E-state index contributed by atoms with van der Waals surface area (Å²) in [7, 11) is 0. The summed E-state index contributed by atoms with van der Waals surface area (Å²) in [5.41, 5.74) is -0.111. The highest BCUT2D eigenvalue weighted by Crippen LogP contribution is 2.34.